The number of amides is 1. The van der Waals surface area contributed by atoms with Crippen molar-refractivity contribution in [2.24, 2.45) is 0 Å². The van der Waals surface area contributed by atoms with E-state index in [1.165, 1.54) is 11.8 Å². The molecule has 0 unspecified atom stereocenters. The first-order valence-corrected chi connectivity index (χ1v) is 10.5. The maximum absolute atomic E-state index is 13.4. The van der Waals surface area contributed by atoms with E-state index in [9.17, 15) is 9.59 Å². The molecule has 1 N–H and O–H groups in total. The molecular weight excluding hydrogens is 392 g/mol. The monoisotopic (exact) mass is 410 g/mol. The highest BCUT2D eigenvalue weighted by molar-refractivity contribution is 7.98. The Labute approximate surface area is 170 Å². The first kappa shape index (κ1) is 17.9. The fourth-order valence-electron chi connectivity index (χ4n) is 3.97. The number of benzene rings is 1. The predicted octanol–water partition coefficient (Wildman–Crippen LogP) is 2.17. The number of nitrogens with one attached hydrogen (secondary N) is 1. The lowest BCUT2D eigenvalue weighted by Gasteiger charge is -2.27. The van der Waals surface area contributed by atoms with Crippen molar-refractivity contribution in [1.82, 2.24) is 20.1 Å². The second-order valence-corrected chi connectivity index (χ2v) is 7.77. The van der Waals surface area contributed by atoms with Gasteiger partial charge in [-0.1, -0.05) is 29.1 Å². The van der Waals surface area contributed by atoms with Gasteiger partial charge in [0, 0.05) is 36.6 Å². The van der Waals surface area contributed by atoms with E-state index >= 15 is 0 Å². The van der Waals surface area contributed by atoms with Crippen molar-refractivity contribution in [1.29, 1.82) is 0 Å². The molecule has 1 atom stereocenters. The van der Waals surface area contributed by atoms with Crippen LogP contribution in [0.3, 0.4) is 0 Å². The number of aromatic amines is 1. The molecule has 1 amide bonds. The third-order valence-electron chi connectivity index (χ3n) is 5.32. The van der Waals surface area contributed by atoms with Crippen LogP contribution >= 0.6 is 11.8 Å². The van der Waals surface area contributed by atoms with Crippen LogP contribution in [0.1, 0.15) is 23.2 Å². The minimum absolute atomic E-state index is 0.132. The average Bonchev–Trinajstić information content (AvgIpc) is 3.37. The Morgan fingerprint density at radius 3 is 3.00 bits per heavy atom. The van der Waals surface area contributed by atoms with Gasteiger partial charge in [0.05, 0.1) is 0 Å². The average molecular weight is 410 g/mol. The lowest BCUT2D eigenvalue weighted by molar-refractivity contribution is 0.0988. The molecule has 1 aromatic carbocycles. The molecule has 148 valence electrons. The SMILES string of the molecule is CSc1ncc2c(n1)N1CCC[C@H]1CN(c1cccc(-c3noc(=O)[nH]3)c1)C2=O. The van der Waals surface area contributed by atoms with Crippen molar-refractivity contribution in [2.75, 3.05) is 29.1 Å². The molecule has 1 saturated heterocycles. The molecule has 0 radical (unpaired) electrons. The van der Waals surface area contributed by atoms with E-state index in [0.717, 1.165) is 30.9 Å². The Bertz CT molecular complexity index is 1140. The number of nitrogens with zero attached hydrogens (tertiary/aromatic N) is 5. The molecule has 5 rings (SSSR count). The van der Waals surface area contributed by atoms with Crippen molar-refractivity contribution in [3.63, 3.8) is 0 Å². The summed E-state index contributed by atoms with van der Waals surface area (Å²) in [5, 5.41) is 4.40. The van der Waals surface area contributed by atoms with Crippen LogP contribution in [0.25, 0.3) is 11.4 Å². The van der Waals surface area contributed by atoms with Crippen LogP contribution in [0.2, 0.25) is 0 Å². The van der Waals surface area contributed by atoms with Gasteiger partial charge < -0.3 is 9.80 Å². The zero-order valence-electron chi connectivity index (χ0n) is 15.7. The Balaban J connectivity index is 1.59. The van der Waals surface area contributed by atoms with Gasteiger partial charge in [-0.05, 0) is 31.2 Å². The number of H-pyrrole nitrogens is 1. The molecule has 9 nitrogen and oxygen atoms in total. The van der Waals surface area contributed by atoms with Gasteiger partial charge in [-0.2, -0.15) is 0 Å². The molecule has 0 saturated carbocycles. The summed E-state index contributed by atoms with van der Waals surface area (Å²) < 4.78 is 4.60. The summed E-state index contributed by atoms with van der Waals surface area (Å²) >= 11 is 1.46. The second-order valence-electron chi connectivity index (χ2n) is 6.99. The number of thioether (sulfide) groups is 1. The van der Waals surface area contributed by atoms with Gasteiger partial charge in [-0.25, -0.2) is 14.8 Å². The Kier molecular flexibility index (Phi) is 4.35. The van der Waals surface area contributed by atoms with Gasteiger partial charge in [0.2, 0.25) is 0 Å². The summed E-state index contributed by atoms with van der Waals surface area (Å²) in [6.45, 7) is 1.44. The van der Waals surface area contributed by atoms with E-state index in [1.807, 2.05) is 30.5 Å². The van der Waals surface area contributed by atoms with Crippen LogP contribution in [0, 0.1) is 0 Å². The van der Waals surface area contributed by atoms with Gasteiger partial charge in [-0.15, -0.1) is 0 Å². The highest BCUT2D eigenvalue weighted by Crippen LogP contribution is 2.35. The number of aromatic nitrogens is 4. The molecule has 4 heterocycles. The van der Waals surface area contributed by atoms with Gasteiger partial charge in [0.25, 0.3) is 5.91 Å². The number of rotatable bonds is 3. The quantitative estimate of drug-likeness (QED) is 0.517. The Morgan fingerprint density at radius 1 is 1.31 bits per heavy atom. The van der Waals surface area contributed by atoms with E-state index in [0.29, 0.717) is 28.7 Å². The summed E-state index contributed by atoms with van der Waals surface area (Å²) in [6.07, 6.45) is 5.61. The Hall–Kier alpha value is -3.14. The molecule has 29 heavy (non-hydrogen) atoms. The lowest BCUT2D eigenvalue weighted by atomic mass is 10.1. The van der Waals surface area contributed by atoms with E-state index in [4.69, 9.17) is 0 Å². The number of fused-ring (bicyclic) bond motifs is 3. The fourth-order valence-corrected chi connectivity index (χ4v) is 4.30. The molecule has 0 aliphatic carbocycles. The predicted molar refractivity (Wildman–Crippen MR) is 108 cm³/mol. The molecule has 0 spiro atoms. The summed E-state index contributed by atoms with van der Waals surface area (Å²) in [4.78, 5) is 40.2. The van der Waals surface area contributed by atoms with E-state index in [1.54, 1.807) is 11.1 Å². The van der Waals surface area contributed by atoms with Gasteiger partial charge in [0.15, 0.2) is 11.0 Å². The number of hydrogen-bond acceptors (Lipinski definition) is 8. The molecule has 0 bridgehead atoms. The largest absolute Gasteiger partial charge is 0.439 e. The van der Waals surface area contributed by atoms with Crippen LogP contribution in [-0.4, -0.2) is 51.4 Å². The standard InChI is InChI=1S/C19H18N6O3S/c1-29-18-20-9-14-16(22-18)24-7-3-6-13(24)10-25(17(14)26)12-5-2-4-11(8-12)15-21-19(27)28-23-15/h2,4-5,8-9,13H,3,6-7,10H2,1H3,(H,21,23,27)/t13-/m0/s1. The zero-order chi connectivity index (χ0) is 20.0. The fraction of sp³-hybridized carbons (Fsp3) is 0.316. The van der Waals surface area contributed by atoms with Crippen molar-refractivity contribution >= 4 is 29.2 Å². The van der Waals surface area contributed by atoms with Crippen LogP contribution in [0.5, 0.6) is 0 Å². The number of carbonyl (C=O) groups excluding carboxylic acids is 1. The smallest absolute Gasteiger partial charge is 0.351 e. The summed E-state index contributed by atoms with van der Waals surface area (Å²) in [5.41, 5.74) is 1.90. The number of hydrogen-bond donors (Lipinski definition) is 1. The van der Waals surface area contributed by atoms with Crippen molar-refractivity contribution < 1.29 is 9.32 Å². The first-order valence-electron chi connectivity index (χ1n) is 9.30. The van der Waals surface area contributed by atoms with Crippen LogP contribution in [-0.2, 0) is 0 Å². The molecular formula is C19H18N6O3S. The van der Waals surface area contributed by atoms with Crippen molar-refractivity contribution in [3.8, 4) is 11.4 Å². The minimum Gasteiger partial charge on any atom is -0.351 e. The highest BCUT2D eigenvalue weighted by atomic mass is 32.2. The van der Waals surface area contributed by atoms with Gasteiger partial charge in [-0.3, -0.25) is 14.3 Å². The topological polar surface area (TPSA) is 108 Å². The minimum atomic E-state index is -0.617. The number of carbonyl (C=O) groups is 1. The Morgan fingerprint density at radius 2 is 2.21 bits per heavy atom. The molecule has 2 aromatic heterocycles. The van der Waals surface area contributed by atoms with Gasteiger partial charge >= 0.3 is 5.76 Å². The highest BCUT2D eigenvalue weighted by Gasteiger charge is 2.37. The van der Waals surface area contributed by atoms with E-state index < -0.39 is 5.76 Å². The van der Waals surface area contributed by atoms with Crippen molar-refractivity contribution in [2.45, 2.75) is 24.0 Å². The lowest BCUT2D eigenvalue weighted by Crippen LogP contribution is -2.39. The molecule has 2 aliphatic heterocycles. The van der Waals surface area contributed by atoms with Crippen LogP contribution in [0.15, 0.2) is 44.9 Å². The summed E-state index contributed by atoms with van der Waals surface area (Å²) in [7, 11) is 0. The second kappa shape index (κ2) is 7.03. The molecule has 3 aromatic rings. The van der Waals surface area contributed by atoms with Gasteiger partial charge in [0.1, 0.15) is 11.4 Å². The maximum atomic E-state index is 13.4. The first-order chi connectivity index (χ1) is 14.1. The normalized spacial score (nSPS) is 18.5. The van der Waals surface area contributed by atoms with Crippen molar-refractivity contribution in [3.05, 3.63) is 46.6 Å². The molecule has 2 aliphatic rings. The summed E-state index contributed by atoms with van der Waals surface area (Å²) in [6, 6.07) is 7.54. The van der Waals surface area contributed by atoms with E-state index in [-0.39, 0.29) is 11.9 Å². The summed E-state index contributed by atoms with van der Waals surface area (Å²) in [5.74, 6) is 0.299. The zero-order valence-corrected chi connectivity index (χ0v) is 16.5. The maximum Gasteiger partial charge on any atom is 0.439 e. The van der Waals surface area contributed by atoms with Crippen LogP contribution in [0.4, 0.5) is 11.5 Å². The molecule has 1 fully saturated rings. The molecule has 10 heteroatoms. The number of anilines is 2. The van der Waals surface area contributed by atoms with Crippen LogP contribution < -0.4 is 15.6 Å². The third-order valence-corrected chi connectivity index (χ3v) is 5.88. The van der Waals surface area contributed by atoms with E-state index in [2.05, 4.69) is 29.5 Å². The third kappa shape index (κ3) is 3.09.